The van der Waals surface area contributed by atoms with Crippen LogP contribution in [0.15, 0.2) is 77.8 Å². The molecule has 0 spiro atoms. The van der Waals surface area contributed by atoms with Gasteiger partial charge in [0.2, 0.25) is 0 Å². The van der Waals surface area contributed by atoms with Crippen LogP contribution < -0.4 is 5.32 Å². The first-order chi connectivity index (χ1) is 22.7. The fourth-order valence-corrected chi connectivity index (χ4v) is 4.84. The number of rotatable bonds is 4. The first kappa shape index (κ1) is 38.8. The highest BCUT2D eigenvalue weighted by Gasteiger charge is 2.34. The van der Waals surface area contributed by atoms with Gasteiger partial charge in [0.1, 0.15) is 15.8 Å². The van der Waals surface area contributed by atoms with Gasteiger partial charge in [-0.25, -0.2) is 14.6 Å². The van der Waals surface area contributed by atoms with Crippen LogP contribution in [0.1, 0.15) is 52.9 Å². The monoisotopic (exact) mass is 726 g/mol. The standard InChI is InChI=1S/C14H20N2O2.C9H12N2.C8H15NO3.C5H4BrN/c1-14(2,3)18-13(17)16-9-11(10-16)8-12-6-4-5-7-15-12;1-2-4-11-9(3-1)5-8-6-10-7-8;1-8(2,3)12-7(11)9-4-6(10)5-9;6-5-3-1-2-4-7-5/h4-7,11H,8-10H2,1-3H3;1-4,8,10H,5-7H2;6,10H,4-5H2,1-3H3;1-4H. The Morgan fingerprint density at radius 2 is 1.17 bits per heavy atom. The highest BCUT2D eigenvalue weighted by Crippen LogP contribution is 2.22. The van der Waals surface area contributed by atoms with E-state index in [2.05, 4.69) is 48.3 Å². The summed E-state index contributed by atoms with van der Waals surface area (Å²) < 4.78 is 11.3. The van der Waals surface area contributed by atoms with E-state index >= 15 is 0 Å². The van der Waals surface area contributed by atoms with Crippen LogP contribution in [0.25, 0.3) is 0 Å². The third-order valence-electron chi connectivity index (χ3n) is 7.07. The van der Waals surface area contributed by atoms with Gasteiger partial charge in [-0.05, 0) is 132 Å². The van der Waals surface area contributed by atoms with E-state index in [1.807, 2.05) is 90.2 Å². The molecule has 0 saturated carbocycles. The third-order valence-corrected chi connectivity index (χ3v) is 7.53. The molecule has 3 saturated heterocycles. The number of carbonyl (C=O) groups is 2. The molecule has 0 atom stereocenters. The first-order valence-corrected chi connectivity index (χ1v) is 17.2. The Hall–Kier alpha value is -3.61. The van der Waals surface area contributed by atoms with Crippen molar-refractivity contribution in [2.24, 2.45) is 11.8 Å². The summed E-state index contributed by atoms with van der Waals surface area (Å²) in [5.41, 5.74) is 1.45. The highest BCUT2D eigenvalue weighted by molar-refractivity contribution is 9.10. The van der Waals surface area contributed by atoms with Crippen molar-refractivity contribution in [1.29, 1.82) is 0 Å². The maximum Gasteiger partial charge on any atom is 0.410 e. The molecule has 0 aromatic carbocycles. The van der Waals surface area contributed by atoms with E-state index in [1.165, 1.54) is 10.6 Å². The highest BCUT2D eigenvalue weighted by atomic mass is 79.9. The van der Waals surface area contributed by atoms with Crippen LogP contribution in [0.2, 0.25) is 0 Å². The zero-order valence-corrected chi connectivity index (χ0v) is 30.6. The Balaban J connectivity index is 0.000000183. The Labute approximate surface area is 293 Å². The average molecular weight is 728 g/mol. The lowest BCUT2D eigenvalue weighted by Crippen LogP contribution is -2.54. The van der Waals surface area contributed by atoms with Crippen molar-refractivity contribution in [2.45, 2.75) is 71.7 Å². The second kappa shape index (κ2) is 18.8. The van der Waals surface area contributed by atoms with E-state index in [-0.39, 0.29) is 18.3 Å². The SMILES string of the molecule is Brc1ccccn1.CC(C)(C)OC(=O)N1CC(Cc2ccccn2)C1.CC(C)(C)OC(=O)N1CC(O)C1.c1ccc(CC2CNC2)nc1. The molecular weight excluding hydrogens is 676 g/mol. The third kappa shape index (κ3) is 15.5. The molecule has 6 rings (SSSR count). The molecule has 3 aliphatic rings. The number of carbonyl (C=O) groups excluding carboxylic acids is 2. The topological polar surface area (TPSA) is 130 Å². The average Bonchev–Trinajstić information content (AvgIpc) is 2.96. The lowest BCUT2D eigenvalue weighted by Gasteiger charge is -2.39. The van der Waals surface area contributed by atoms with Gasteiger partial charge in [0.15, 0.2) is 0 Å². The molecule has 6 heterocycles. The van der Waals surface area contributed by atoms with Crippen LogP contribution in [0.3, 0.4) is 0 Å². The Bertz CT molecular complexity index is 1360. The quantitative estimate of drug-likeness (QED) is 0.322. The summed E-state index contributed by atoms with van der Waals surface area (Å²) in [5, 5.41) is 12.2. The number of pyridine rings is 3. The summed E-state index contributed by atoms with van der Waals surface area (Å²) in [7, 11) is 0. The number of likely N-dealkylation sites (tertiary alicyclic amines) is 2. The van der Waals surface area contributed by atoms with E-state index in [4.69, 9.17) is 14.6 Å². The van der Waals surface area contributed by atoms with Crippen LogP contribution in [-0.2, 0) is 22.3 Å². The first-order valence-electron chi connectivity index (χ1n) is 16.4. The predicted molar refractivity (Wildman–Crippen MR) is 189 cm³/mol. The van der Waals surface area contributed by atoms with Gasteiger partial charge in [-0.1, -0.05) is 18.2 Å². The fraction of sp³-hybridized carbons (Fsp3) is 0.528. The molecule has 2 N–H and O–H groups in total. The van der Waals surface area contributed by atoms with Gasteiger partial charge in [0.05, 0.1) is 19.2 Å². The molecule has 0 bridgehead atoms. The van der Waals surface area contributed by atoms with Crippen molar-refractivity contribution in [3.8, 4) is 0 Å². The summed E-state index contributed by atoms with van der Waals surface area (Å²) in [5.74, 6) is 1.33. The van der Waals surface area contributed by atoms with Crippen molar-refractivity contribution < 1.29 is 24.2 Å². The van der Waals surface area contributed by atoms with Crippen LogP contribution in [0, 0.1) is 11.8 Å². The largest absolute Gasteiger partial charge is 0.444 e. The summed E-state index contributed by atoms with van der Waals surface area (Å²) in [6, 6.07) is 17.7. The van der Waals surface area contributed by atoms with Crippen LogP contribution in [-0.4, -0.2) is 98.6 Å². The second-order valence-corrected chi connectivity index (χ2v) is 14.8. The fourth-order valence-electron chi connectivity index (χ4n) is 4.57. The molecular formula is C36H51BrN6O5. The van der Waals surface area contributed by atoms with Crippen LogP contribution in [0.4, 0.5) is 9.59 Å². The minimum absolute atomic E-state index is 0.209. The number of nitrogens with one attached hydrogen (secondary N) is 1. The minimum Gasteiger partial charge on any atom is -0.444 e. The van der Waals surface area contributed by atoms with Gasteiger partial charge >= 0.3 is 12.2 Å². The maximum atomic E-state index is 11.7. The lowest BCUT2D eigenvalue weighted by atomic mass is 9.95. The predicted octanol–water partition coefficient (Wildman–Crippen LogP) is 5.78. The number of nitrogens with zero attached hydrogens (tertiary/aromatic N) is 5. The maximum absolute atomic E-state index is 11.7. The molecule has 262 valence electrons. The van der Waals surface area contributed by atoms with Crippen LogP contribution in [0.5, 0.6) is 0 Å². The van der Waals surface area contributed by atoms with Gasteiger partial charge in [0, 0.05) is 43.1 Å². The van der Waals surface area contributed by atoms with E-state index in [1.54, 1.807) is 17.3 Å². The van der Waals surface area contributed by atoms with Crippen LogP contribution >= 0.6 is 15.9 Å². The van der Waals surface area contributed by atoms with Gasteiger partial charge in [0.25, 0.3) is 0 Å². The minimum atomic E-state index is -0.447. The number of aliphatic hydroxyl groups excluding tert-OH is 1. The number of aromatic nitrogens is 3. The number of amides is 2. The van der Waals surface area contributed by atoms with E-state index < -0.39 is 11.2 Å². The zero-order chi connectivity index (χ0) is 35.2. The Kier molecular flexibility index (Phi) is 15.2. The molecule has 3 aromatic rings. The summed E-state index contributed by atoms with van der Waals surface area (Å²) in [6.45, 7) is 15.8. The van der Waals surface area contributed by atoms with Crippen molar-refractivity contribution >= 4 is 28.1 Å². The smallest absolute Gasteiger partial charge is 0.410 e. The summed E-state index contributed by atoms with van der Waals surface area (Å²) in [4.78, 5) is 38.6. The summed E-state index contributed by atoms with van der Waals surface area (Å²) >= 11 is 3.20. The molecule has 3 aromatic heterocycles. The molecule has 2 amide bonds. The summed E-state index contributed by atoms with van der Waals surface area (Å²) in [6.07, 6.45) is 6.56. The number of β-amino-alcohol motifs (C(OH)–C–C–N with tert-alkyl or cyclic N) is 1. The molecule has 0 radical (unpaired) electrons. The number of halogens is 1. The molecule has 0 aliphatic carbocycles. The molecule has 3 aliphatic heterocycles. The molecule has 12 heteroatoms. The van der Waals surface area contributed by atoms with Crippen molar-refractivity contribution in [1.82, 2.24) is 30.1 Å². The molecule has 0 unspecified atom stereocenters. The lowest BCUT2D eigenvalue weighted by molar-refractivity contribution is -0.0303. The van der Waals surface area contributed by atoms with Gasteiger partial charge in [-0.15, -0.1) is 0 Å². The molecule has 11 nitrogen and oxygen atoms in total. The number of aliphatic hydroxyl groups is 1. The zero-order valence-electron chi connectivity index (χ0n) is 29.0. The number of hydrogen-bond donors (Lipinski definition) is 2. The van der Waals surface area contributed by atoms with Gasteiger partial charge in [-0.3, -0.25) is 9.97 Å². The second-order valence-electron chi connectivity index (χ2n) is 14.0. The van der Waals surface area contributed by atoms with Gasteiger partial charge in [-0.2, -0.15) is 0 Å². The Morgan fingerprint density at radius 1 is 0.729 bits per heavy atom. The normalized spacial score (nSPS) is 16.2. The van der Waals surface area contributed by atoms with Gasteiger partial charge < -0.3 is 29.7 Å². The van der Waals surface area contributed by atoms with E-state index in [0.29, 0.717) is 19.0 Å². The molecule has 3 fully saturated rings. The molecule has 48 heavy (non-hydrogen) atoms. The van der Waals surface area contributed by atoms with Crippen molar-refractivity contribution in [3.05, 3.63) is 89.2 Å². The van der Waals surface area contributed by atoms with E-state index in [9.17, 15) is 9.59 Å². The number of ether oxygens (including phenoxy) is 2. The van der Waals surface area contributed by atoms with Crippen molar-refractivity contribution in [3.63, 3.8) is 0 Å². The Morgan fingerprint density at radius 3 is 1.48 bits per heavy atom. The van der Waals surface area contributed by atoms with Crippen molar-refractivity contribution in [2.75, 3.05) is 39.3 Å². The number of hydrogen-bond acceptors (Lipinski definition) is 9. The van der Waals surface area contributed by atoms with E-state index in [0.717, 1.165) is 55.2 Å².